The molecule has 3 N–H and O–H groups in total. The van der Waals surface area contributed by atoms with Crippen LogP contribution in [0.25, 0.3) is 0 Å². The highest BCUT2D eigenvalue weighted by atomic mass is 35.5. The molecule has 0 aliphatic rings. The standard InChI is InChI=1S/C5H11NO.ClH/c1-5(4-7)2-3-6;/h2,7H,3-4,6H2,1H3;1H. The van der Waals surface area contributed by atoms with Crippen molar-refractivity contribution in [1.29, 1.82) is 0 Å². The fraction of sp³-hybridized carbons (Fsp3) is 0.600. The molecule has 0 aliphatic carbocycles. The van der Waals surface area contributed by atoms with Gasteiger partial charge in [0.15, 0.2) is 0 Å². The van der Waals surface area contributed by atoms with E-state index in [1.807, 2.05) is 6.92 Å². The second kappa shape index (κ2) is 6.95. The number of nitrogens with two attached hydrogens (primary N) is 1. The van der Waals surface area contributed by atoms with Crippen molar-refractivity contribution >= 4 is 12.4 Å². The normalized spacial score (nSPS) is 10.6. The Morgan fingerprint density at radius 3 is 2.38 bits per heavy atom. The molecule has 0 atom stereocenters. The van der Waals surface area contributed by atoms with Gasteiger partial charge in [0, 0.05) is 6.54 Å². The highest BCUT2D eigenvalue weighted by Crippen LogP contribution is 1.84. The Kier molecular flexibility index (Phi) is 9.42. The SMILES string of the molecule is CC(=CCN)CO.Cl. The fourth-order valence-corrected chi connectivity index (χ4v) is 0.266. The van der Waals surface area contributed by atoms with Gasteiger partial charge in [-0.15, -0.1) is 12.4 Å². The molecule has 0 saturated heterocycles. The Balaban J connectivity index is 0. The molecule has 50 valence electrons. The average molecular weight is 138 g/mol. The van der Waals surface area contributed by atoms with E-state index in [1.54, 1.807) is 6.08 Å². The lowest BCUT2D eigenvalue weighted by Crippen LogP contribution is -1.96. The van der Waals surface area contributed by atoms with Crippen molar-refractivity contribution in [3.63, 3.8) is 0 Å². The van der Waals surface area contributed by atoms with Crippen molar-refractivity contribution in [3.05, 3.63) is 11.6 Å². The molecule has 0 fully saturated rings. The van der Waals surface area contributed by atoms with Crippen LogP contribution in [0.1, 0.15) is 6.92 Å². The Labute approximate surface area is 55.8 Å². The second-order valence-corrected chi connectivity index (χ2v) is 1.44. The van der Waals surface area contributed by atoms with E-state index in [9.17, 15) is 0 Å². The minimum atomic E-state index is 0. The predicted octanol–water partition coefficient (Wildman–Crippen LogP) is 0.306. The third kappa shape index (κ3) is 5.95. The van der Waals surface area contributed by atoms with Gasteiger partial charge in [-0.3, -0.25) is 0 Å². The van der Waals surface area contributed by atoms with Gasteiger partial charge < -0.3 is 10.8 Å². The fourth-order valence-electron chi connectivity index (χ4n) is 0.266. The van der Waals surface area contributed by atoms with E-state index in [0.717, 1.165) is 5.57 Å². The van der Waals surface area contributed by atoms with Gasteiger partial charge in [0.2, 0.25) is 0 Å². The van der Waals surface area contributed by atoms with Gasteiger partial charge in [-0.1, -0.05) is 11.6 Å². The van der Waals surface area contributed by atoms with E-state index in [0.29, 0.717) is 6.54 Å². The summed E-state index contributed by atoms with van der Waals surface area (Å²) in [4.78, 5) is 0. The van der Waals surface area contributed by atoms with Crippen LogP contribution in [0.2, 0.25) is 0 Å². The van der Waals surface area contributed by atoms with Crippen LogP contribution in [0.15, 0.2) is 11.6 Å². The largest absolute Gasteiger partial charge is 0.392 e. The van der Waals surface area contributed by atoms with Crippen LogP contribution in [-0.2, 0) is 0 Å². The summed E-state index contributed by atoms with van der Waals surface area (Å²) in [6.07, 6.45) is 1.79. The maximum Gasteiger partial charge on any atom is 0.0639 e. The molecule has 0 unspecified atom stereocenters. The first-order chi connectivity index (χ1) is 3.31. The maximum absolute atomic E-state index is 8.34. The van der Waals surface area contributed by atoms with E-state index >= 15 is 0 Å². The van der Waals surface area contributed by atoms with Crippen molar-refractivity contribution in [1.82, 2.24) is 0 Å². The van der Waals surface area contributed by atoms with E-state index in [1.165, 1.54) is 0 Å². The molecule has 0 aromatic rings. The summed E-state index contributed by atoms with van der Waals surface area (Å²) in [5, 5.41) is 8.34. The minimum absolute atomic E-state index is 0. The molecule has 0 aliphatic heterocycles. The highest BCUT2D eigenvalue weighted by molar-refractivity contribution is 5.85. The number of hydrogen-bond donors (Lipinski definition) is 2. The monoisotopic (exact) mass is 137 g/mol. The van der Waals surface area contributed by atoms with Crippen LogP contribution in [0.5, 0.6) is 0 Å². The molecule has 0 bridgehead atoms. The lowest BCUT2D eigenvalue weighted by atomic mass is 10.3. The molecule has 2 nitrogen and oxygen atoms in total. The molecule has 0 heterocycles. The molecule has 0 radical (unpaired) electrons. The maximum atomic E-state index is 8.34. The topological polar surface area (TPSA) is 46.2 Å². The van der Waals surface area contributed by atoms with Crippen LogP contribution in [0.3, 0.4) is 0 Å². The van der Waals surface area contributed by atoms with Gasteiger partial charge in [-0.25, -0.2) is 0 Å². The van der Waals surface area contributed by atoms with E-state index in [-0.39, 0.29) is 19.0 Å². The minimum Gasteiger partial charge on any atom is -0.392 e. The Morgan fingerprint density at radius 2 is 2.25 bits per heavy atom. The Hall–Kier alpha value is -0.0500. The van der Waals surface area contributed by atoms with E-state index < -0.39 is 0 Å². The first kappa shape index (κ1) is 10.8. The van der Waals surface area contributed by atoms with Gasteiger partial charge in [-0.2, -0.15) is 0 Å². The van der Waals surface area contributed by atoms with Crippen molar-refractivity contribution in [2.75, 3.05) is 13.2 Å². The zero-order chi connectivity index (χ0) is 5.70. The third-order valence-corrected chi connectivity index (χ3v) is 0.716. The third-order valence-electron chi connectivity index (χ3n) is 0.716. The quantitative estimate of drug-likeness (QED) is 0.538. The number of rotatable bonds is 2. The van der Waals surface area contributed by atoms with E-state index in [2.05, 4.69) is 0 Å². The Morgan fingerprint density at radius 1 is 1.75 bits per heavy atom. The highest BCUT2D eigenvalue weighted by Gasteiger charge is 1.78. The molecule has 8 heavy (non-hydrogen) atoms. The molecule has 0 saturated carbocycles. The first-order valence-electron chi connectivity index (χ1n) is 2.27. The lowest BCUT2D eigenvalue weighted by Gasteiger charge is -1.88. The Bertz CT molecular complexity index is 72.8. The summed E-state index contributed by atoms with van der Waals surface area (Å²) in [7, 11) is 0. The van der Waals surface area contributed by atoms with Gasteiger partial charge in [0.05, 0.1) is 6.61 Å². The van der Waals surface area contributed by atoms with Crippen molar-refractivity contribution in [3.8, 4) is 0 Å². The summed E-state index contributed by atoms with van der Waals surface area (Å²) in [5.41, 5.74) is 6.05. The van der Waals surface area contributed by atoms with Crippen LogP contribution in [0.4, 0.5) is 0 Å². The van der Waals surface area contributed by atoms with Crippen LogP contribution >= 0.6 is 12.4 Å². The number of aliphatic hydroxyl groups excluding tert-OH is 1. The second-order valence-electron chi connectivity index (χ2n) is 1.44. The zero-order valence-corrected chi connectivity index (χ0v) is 5.74. The van der Waals surface area contributed by atoms with Gasteiger partial charge in [0.25, 0.3) is 0 Å². The zero-order valence-electron chi connectivity index (χ0n) is 4.92. The van der Waals surface area contributed by atoms with Crippen LogP contribution in [-0.4, -0.2) is 18.3 Å². The summed E-state index contributed by atoms with van der Waals surface area (Å²) in [6, 6.07) is 0. The predicted molar refractivity (Wildman–Crippen MR) is 37.1 cm³/mol. The summed E-state index contributed by atoms with van der Waals surface area (Å²) in [5.74, 6) is 0. The lowest BCUT2D eigenvalue weighted by molar-refractivity contribution is 0.331. The van der Waals surface area contributed by atoms with Crippen molar-refractivity contribution < 1.29 is 5.11 Å². The van der Waals surface area contributed by atoms with Gasteiger partial charge >= 0.3 is 0 Å². The molecule has 0 rings (SSSR count). The van der Waals surface area contributed by atoms with Crippen LogP contribution in [0, 0.1) is 0 Å². The molecular weight excluding hydrogens is 126 g/mol. The summed E-state index contributed by atoms with van der Waals surface area (Å²) < 4.78 is 0. The van der Waals surface area contributed by atoms with Crippen LogP contribution < -0.4 is 5.73 Å². The van der Waals surface area contributed by atoms with Gasteiger partial charge in [0.1, 0.15) is 0 Å². The smallest absolute Gasteiger partial charge is 0.0639 e. The number of halogens is 1. The molecule has 0 aromatic carbocycles. The molecule has 0 amide bonds. The summed E-state index contributed by atoms with van der Waals surface area (Å²) in [6.45, 7) is 2.48. The molecular formula is C5H12ClNO. The van der Waals surface area contributed by atoms with Gasteiger partial charge in [-0.05, 0) is 6.92 Å². The molecule has 3 heteroatoms. The van der Waals surface area contributed by atoms with Crippen molar-refractivity contribution in [2.45, 2.75) is 6.92 Å². The van der Waals surface area contributed by atoms with Crippen molar-refractivity contribution in [2.24, 2.45) is 5.73 Å². The average Bonchev–Trinajstić information content (AvgIpc) is 1.68. The number of aliphatic hydroxyl groups is 1. The van der Waals surface area contributed by atoms with E-state index in [4.69, 9.17) is 10.8 Å². The number of hydrogen-bond acceptors (Lipinski definition) is 2. The first-order valence-corrected chi connectivity index (χ1v) is 2.27. The summed E-state index contributed by atoms with van der Waals surface area (Å²) >= 11 is 0. The molecule has 0 aromatic heterocycles. The molecule has 0 spiro atoms.